The number of amides is 1. The highest BCUT2D eigenvalue weighted by atomic mass is 16.5. The summed E-state index contributed by atoms with van der Waals surface area (Å²) in [5.74, 6) is 0.285. The van der Waals surface area contributed by atoms with Crippen molar-refractivity contribution in [2.45, 2.75) is 26.8 Å². The number of ether oxygens (including phenoxy) is 1. The molecule has 3 rings (SSSR count). The molecule has 0 aliphatic rings. The van der Waals surface area contributed by atoms with Crippen molar-refractivity contribution in [1.82, 2.24) is 4.57 Å². The fraction of sp³-hybridized carbons (Fsp3) is 0.238. The molecule has 0 bridgehead atoms. The molecule has 26 heavy (non-hydrogen) atoms. The van der Waals surface area contributed by atoms with Crippen LogP contribution in [0.3, 0.4) is 0 Å². The molecule has 1 aromatic heterocycles. The molecule has 1 amide bonds. The van der Waals surface area contributed by atoms with Crippen molar-refractivity contribution < 1.29 is 9.53 Å². The standard InChI is InChI=1S/C21H22N2O3/c1-3-12-23-13-11-17-18(21(23)25)5-4-6-19(17)26-14-20(24)22-16-9-7-15(2)8-10-16/h4-11,13H,3,12,14H2,1-2H3,(H,22,24). The van der Waals surface area contributed by atoms with Crippen molar-refractivity contribution in [3.63, 3.8) is 0 Å². The van der Waals surface area contributed by atoms with E-state index >= 15 is 0 Å². The summed E-state index contributed by atoms with van der Waals surface area (Å²) in [5, 5.41) is 4.11. The summed E-state index contributed by atoms with van der Waals surface area (Å²) in [6.07, 6.45) is 2.66. The van der Waals surface area contributed by atoms with E-state index in [9.17, 15) is 9.59 Å². The summed E-state index contributed by atoms with van der Waals surface area (Å²) in [6, 6.07) is 14.7. The molecule has 0 aliphatic carbocycles. The van der Waals surface area contributed by atoms with Gasteiger partial charge in [-0.1, -0.05) is 30.7 Å². The van der Waals surface area contributed by atoms with Crippen LogP contribution in [0.15, 0.2) is 59.5 Å². The van der Waals surface area contributed by atoms with Gasteiger partial charge in [-0.25, -0.2) is 0 Å². The van der Waals surface area contributed by atoms with Gasteiger partial charge < -0.3 is 14.6 Å². The largest absolute Gasteiger partial charge is 0.483 e. The number of hydrogen-bond acceptors (Lipinski definition) is 3. The summed E-state index contributed by atoms with van der Waals surface area (Å²) in [6.45, 7) is 4.58. The van der Waals surface area contributed by atoms with E-state index in [-0.39, 0.29) is 18.1 Å². The first kappa shape index (κ1) is 17.7. The first-order chi connectivity index (χ1) is 12.6. The average Bonchev–Trinajstić information content (AvgIpc) is 2.64. The minimum Gasteiger partial charge on any atom is -0.483 e. The van der Waals surface area contributed by atoms with Crippen LogP contribution in [0.25, 0.3) is 10.8 Å². The Labute approximate surface area is 152 Å². The van der Waals surface area contributed by atoms with Crippen molar-refractivity contribution in [2.24, 2.45) is 0 Å². The first-order valence-corrected chi connectivity index (χ1v) is 8.70. The molecule has 0 unspecified atom stereocenters. The molecular formula is C21H22N2O3. The Balaban J connectivity index is 1.74. The Kier molecular flexibility index (Phi) is 5.37. The highest BCUT2D eigenvalue weighted by Gasteiger charge is 2.09. The first-order valence-electron chi connectivity index (χ1n) is 8.70. The number of nitrogens with zero attached hydrogens (tertiary/aromatic N) is 1. The van der Waals surface area contributed by atoms with Gasteiger partial charge in [-0.2, -0.15) is 0 Å². The van der Waals surface area contributed by atoms with Crippen LogP contribution in [0, 0.1) is 6.92 Å². The van der Waals surface area contributed by atoms with E-state index in [0.29, 0.717) is 23.1 Å². The van der Waals surface area contributed by atoms with Gasteiger partial charge in [0.05, 0.1) is 5.39 Å². The van der Waals surface area contributed by atoms with Gasteiger partial charge >= 0.3 is 0 Å². The van der Waals surface area contributed by atoms with Crippen LogP contribution in [0.4, 0.5) is 5.69 Å². The molecule has 134 valence electrons. The number of aromatic nitrogens is 1. The SMILES string of the molecule is CCCn1ccc2c(OCC(=O)Nc3ccc(C)cc3)cccc2c1=O. The maximum Gasteiger partial charge on any atom is 0.262 e. The highest BCUT2D eigenvalue weighted by Crippen LogP contribution is 2.23. The molecular weight excluding hydrogens is 328 g/mol. The van der Waals surface area contributed by atoms with E-state index in [2.05, 4.69) is 5.32 Å². The number of nitrogens with one attached hydrogen (secondary N) is 1. The molecule has 1 heterocycles. The molecule has 0 atom stereocenters. The van der Waals surface area contributed by atoms with Crippen molar-refractivity contribution in [1.29, 1.82) is 0 Å². The minimum atomic E-state index is -0.245. The maximum atomic E-state index is 12.5. The van der Waals surface area contributed by atoms with Crippen LogP contribution in [0.2, 0.25) is 0 Å². The van der Waals surface area contributed by atoms with E-state index in [1.54, 1.807) is 29.0 Å². The summed E-state index contributed by atoms with van der Waals surface area (Å²) in [7, 11) is 0. The number of fused-ring (bicyclic) bond motifs is 1. The molecule has 0 saturated heterocycles. The fourth-order valence-electron chi connectivity index (χ4n) is 2.81. The van der Waals surface area contributed by atoms with Gasteiger partial charge in [0.1, 0.15) is 5.75 Å². The van der Waals surface area contributed by atoms with Crippen molar-refractivity contribution in [3.8, 4) is 5.75 Å². The minimum absolute atomic E-state index is 0.0427. The van der Waals surface area contributed by atoms with Crippen LogP contribution >= 0.6 is 0 Å². The normalized spacial score (nSPS) is 10.7. The number of hydrogen-bond donors (Lipinski definition) is 1. The number of pyridine rings is 1. The predicted octanol–water partition coefficient (Wildman–Crippen LogP) is 3.74. The van der Waals surface area contributed by atoms with E-state index in [1.165, 1.54) is 0 Å². The number of carbonyl (C=O) groups excluding carboxylic acids is 1. The Hall–Kier alpha value is -3.08. The molecule has 0 spiro atoms. The zero-order valence-electron chi connectivity index (χ0n) is 15.0. The third-order valence-electron chi connectivity index (χ3n) is 4.14. The second-order valence-corrected chi connectivity index (χ2v) is 6.23. The monoisotopic (exact) mass is 350 g/mol. The Morgan fingerprint density at radius 1 is 1.08 bits per heavy atom. The summed E-state index contributed by atoms with van der Waals surface area (Å²) in [5.41, 5.74) is 1.81. The van der Waals surface area contributed by atoms with Gasteiger partial charge in [0.25, 0.3) is 11.5 Å². The molecule has 0 fully saturated rings. The van der Waals surface area contributed by atoms with Gasteiger partial charge in [0.15, 0.2) is 6.61 Å². The number of aryl methyl sites for hydroxylation is 2. The second kappa shape index (κ2) is 7.87. The number of anilines is 1. The van der Waals surface area contributed by atoms with E-state index in [1.807, 2.05) is 44.2 Å². The van der Waals surface area contributed by atoms with Gasteiger partial charge in [-0.15, -0.1) is 0 Å². The van der Waals surface area contributed by atoms with Gasteiger partial charge in [0, 0.05) is 23.8 Å². The lowest BCUT2D eigenvalue weighted by atomic mass is 10.1. The maximum absolute atomic E-state index is 12.5. The molecule has 0 saturated carbocycles. The zero-order chi connectivity index (χ0) is 18.5. The van der Waals surface area contributed by atoms with Gasteiger partial charge in [-0.05, 0) is 43.7 Å². The summed E-state index contributed by atoms with van der Waals surface area (Å²) < 4.78 is 7.36. The van der Waals surface area contributed by atoms with Crippen LogP contribution in [0.5, 0.6) is 5.75 Å². The third kappa shape index (κ3) is 3.94. The smallest absolute Gasteiger partial charge is 0.262 e. The lowest BCUT2D eigenvalue weighted by molar-refractivity contribution is -0.118. The number of carbonyl (C=O) groups is 1. The highest BCUT2D eigenvalue weighted by molar-refractivity contribution is 5.92. The topological polar surface area (TPSA) is 60.3 Å². The molecule has 0 aliphatic heterocycles. The van der Waals surface area contributed by atoms with Crippen molar-refractivity contribution >= 4 is 22.4 Å². The third-order valence-corrected chi connectivity index (χ3v) is 4.14. The average molecular weight is 350 g/mol. The van der Waals surface area contributed by atoms with E-state index < -0.39 is 0 Å². The molecule has 5 heteroatoms. The second-order valence-electron chi connectivity index (χ2n) is 6.23. The molecule has 1 N–H and O–H groups in total. The van der Waals surface area contributed by atoms with Gasteiger partial charge in [-0.3, -0.25) is 9.59 Å². The van der Waals surface area contributed by atoms with Crippen molar-refractivity contribution in [2.75, 3.05) is 11.9 Å². The lowest BCUT2D eigenvalue weighted by Gasteiger charge is -2.11. The quantitative estimate of drug-likeness (QED) is 0.737. The Bertz CT molecular complexity index is 975. The zero-order valence-corrected chi connectivity index (χ0v) is 15.0. The Morgan fingerprint density at radius 2 is 1.85 bits per heavy atom. The fourth-order valence-corrected chi connectivity index (χ4v) is 2.81. The van der Waals surface area contributed by atoms with E-state index in [4.69, 9.17) is 4.74 Å². The van der Waals surface area contributed by atoms with Gasteiger partial charge in [0.2, 0.25) is 0 Å². The summed E-state index contributed by atoms with van der Waals surface area (Å²) in [4.78, 5) is 24.6. The molecule has 3 aromatic rings. The predicted molar refractivity (Wildman–Crippen MR) is 104 cm³/mol. The van der Waals surface area contributed by atoms with Crippen LogP contribution in [-0.2, 0) is 11.3 Å². The van der Waals surface area contributed by atoms with Crippen molar-refractivity contribution in [3.05, 3.63) is 70.6 Å². The van der Waals surface area contributed by atoms with Crippen LogP contribution in [-0.4, -0.2) is 17.1 Å². The van der Waals surface area contributed by atoms with Crippen LogP contribution < -0.4 is 15.6 Å². The number of benzene rings is 2. The summed E-state index contributed by atoms with van der Waals surface area (Å²) >= 11 is 0. The molecule has 5 nitrogen and oxygen atoms in total. The lowest BCUT2D eigenvalue weighted by Crippen LogP contribution is -2.21. The van der Waals surface area contributed by atoms with Crippen LogP contribution in [0.1, 0.15) is 18.9 Å². The Morgan fingerprint density at radius 3 is 2.58 bits per heavy atom. The number of rotatable bonds is 6. The van der Waals surface area contributed by atoms with E-state index in [0.717, 1.165) is 17.7 Å². The molecule has 0 radical (unpaired) electrons. The molecule has 2 aromatic carbocycles.